The van der Waals surface area contributed by atoms with Crippen molar-refractivity contribution in [3.05, 3.63) is 0 Å². The first-order valence-corrected chi connectivity index (χ1v) is 5.15. The number of carbonyl (C=O) groups excluding carboxylic acids is 2. The Balaban J connectivity index is 4.49. The number of rotatable bonds is 3. The van der Waals surface area contributed by atoms with Crippen LogP contribution in [0.25, 0.3) is 0 Å². The summed E-state index contributed by atoms with van der Waals surface area (Å²) in [5.41, 5.74) is -0.527. The van der Waals surface area contributed by atoms with Crippen LogP contribution in [0, 0.1) is 0 Å². The standard InChI is InChI=1S/C11H21NO3/c1-7-9(8(2)13)12(6)10(14)15-11(3,4)5/h9H,7H2,1-6H3. The van der Waals surface area contributed by atoms with Crippen molar-refractivity contribution >= 4 is 11.9 Å². The maximum absolute atomic E-state index is 11.6. The SMILES string of the molecule is CCC(C(C)=O)N(C)C(=O)OC(C)(C)C. The van der Waals surface area contributed by atoms with E-state index in [1.54, 1.807) is 27.8 Å². The molecule has 0 saturated heterocycles. The molecular weight excluding hydrogens is 194 g/mol. The summed E-state index contributed by atoms with van der Waals surface area (Å²) in [4.78, 5) is 24.2. The van der Waals surface area contributed by atoms with Crippen LogP contribution in [0.3, 0.4) is 0 Å². The molecule has 4 heteroatoms. The lowest BCUT2D eigenvalue weighted by Crippen LogP contribution is -2.43. The molecule has 1 atom stereocenters. The van der Waals surface area contributed by atoms with Crippen LogP contribution in [0.5, 0.6) is 0 Å². The zero-order valence-electron chi connectivity index (χ0n) is 10.5. The molecular formula is C11H21NO3. The van der Waals surface area contributed by atoms with Gasteiger partial charge in [-0.05, 0) is 34.1 Å². The normalized spacial score (nSPS) is 13.2. The first kappa shape index (κ1) is 13.9. The van der Waals surface area contributed by atoms with Crippen molar-refractivity contribution in [3.8, 4) is 0 Å². The fourth-order valence-electron chi connectivity index (χ4n) is 1.30. The van der Waals surface area contributed by atoms with Gasteiger partial charge < -0.3 is 9.64 Å². The average molecular weight is 215 g/mol. The first-order valence-electron chi connectivity index (χ1n) is 5.15. The number of nitrogens with zero attached hydrogens (tertiary/aromatic N) is 1. The molecule has 1 amide bonds. The number of hydrogen-bond donors (Lipinski definition) is 0. The fraction of sp³-hybridized carbons (Fsp3) is 0.818. The van der Waals surface area contributed by atoms with E-state index in [2.05, 4.69) is 0 Å². The fourth-order valence-corrected chi connectivity index (χ4v) is 1.30. The van der Waals surface area contributed by atoms with E-state index in [4.69, 9.17) is 4.74 Å². The third-order valence-electron chi connectivity index (χ3n) is 2.00. The van der Waals surface area contributed by atoms with Gasteiger partial charge in [-0.1, -0.05) is 6.92 Å². The predicted octanol–water partition coefficient (Wildman–Crippen LogP) is 2.22. The lowest BCUT2D eigenvalue weighted by molar-refractivity contribution is -0.121. The first-order chi connectivity index (χ1) is 6.69. The van der Waals surface area contributed by atoms with Crippen LogP contribution in [-0.2, 0) is 9.53 Å². The summed E-state index contributed by atoms with van der Waals surface area (Å²) in [6, 6.07) is -0.389. The molecule has 0 aromatic carbocycles. The summed E-state index contributed by atoms with van der Waals surface area (Å²) in [7, 11) is 1.59. The summed E-state index contributed by atoms with van der Waals surface area (Å²) in [6.07, 6.45) is 0.148. The summed E-state index contributed by atoms with van der Waals surface area (Å²) in [6.45, 7) is 8.75. The van der Waals surface area contributed by atoms with Gasteiger partial charge in [0.15, 0.2) is 5.78 Å². The molecule has 0 heterocycles. The Bertz CT molecular complexity index is 243. The highest BCUT2D eigenvalue weighted by Gasteiger charge is 2.26. The van der Waals surface area contributed by atoms with Crippen molar-refractivity contribution in [2.45, 2.75) is 52.7 Å². The second kappa shape index (κ2) is 5.14. The molecule has 0 radical (unpaired) electrons. The van der Waals surface area contributed by atoms with E-state index in [1.807, 2.05) is 6.92 Å². The van der Waals surface area contributed by atoms with Crippen molar-refractivity contribution in [1.29, 1.82) is 0 Å². The van der Waals surface area contributed by atoms with E-state index in [0.29, 0.717) is 6.42 Å². The molecule has 0 aliphatic rings. The molecule has 0 aromatic rings. The average Bonchev–Trinajstić information content (AvgIpc) is 2.01. The number of amides is 1. The summed E-state index contributed by atoms with van der Waals surface area (Å²) < 4.78 is 5.17. The Morgan fingerprint density at radius 3 is 2.07 bits per heavy atom. The molecule has 15 heavy (non-hydrogen) atoms. The van der Waals surface area contributed by atoms with Gasteiger partial charge in [-0.3, -0.25) is 4.79 Å². The van der Waals surface area contributed by atoms with Crippen LogP contribution in [0.2, 0.25) is 0 Å². The molecule has 0 bridgehead atoms. The van der Waals surface area contributed by atoms with Gasteiger partial charge in [-0.15, -0.1) is 0 Å². The second-order valence-corrected chi connectivity index (χ2v) is 4.63. The second-order valence-electron chi connectivity index (χ2n) is 4.63. The Labute approximate surface area is 91.6 Å². The minimum atomic E-state index is -0.527. The minimum absolute atomic E-state index is 0.0224. The van der Waals surface area contributed by atoms with Crippen molar-refractivity contribution < 1.29 is 14.3 Å². The van der Waals surface area contributed by atoms with Gasteiger partial charge in [0.25, 0.3) is 0 Å². The Morgan fingerprint density at radius 2 is 1.80 bits per heavy atom. The summed E-state index contributed by atoms with van der Waals surface area (Å²) in [5.74, 6) is -0.0224. The molecule has 1 unspecified atom stereocenters. The lowest BCUT2D eigenvalue weighted by Gasteiger charge is -2.28. The summed E-state index contributed by atoms with van der Waals surface area (Å²) >= 11 is 0. The summed E-state index contributed by atoms with van der Waals surface area (Å²) in [5, 5.41) is 0. The number of ketones is 1. The number of ether oxygens (including phenoxy) is 1. The van der Waals surface area contributed by atoms with Crippen molar-refractivity contribution in [3.63, 3.8) is 0 Å². The zero-order chi connectivity index (χ0) is 12.2. The van der Waals surface area contributed by atoms with Gasteiger partial charge in [0, 0.05) is 7.05 Å². The van der Waals surface area contributed by atoms with E-state index in [0.717, 1.165) is 0 Å². The van der Waals surface area contributed by atoms with Crippen LogP contribution in [0.15, 0.2) is 0 Å². The van der Waals surface area contributed by atoms with Crippen LogP contribution >= 0.6 is 0 Å². The van der Waals surface area contributed by atoms with Crippen LogP contribution in [-0.4, -0.2) is 35.5 Å². The van der Waals surface area contributed by atoms with Gasteiger partial charge in [0.1, 0.15) is 5.60 Å². The van der Waals surface area contributed by atoms with Gasteiger partial charge in [0.05, 0.1) is 6.04 Å². The molecule has 0 spiro atoms. The van der Waals surface area contributed by atoms with Gasteiger partial charge in [-0.2, -0.15) is 0 Å². The van der Waals surface area contributed by atoms with Gasteiger partial charge >= 0.3 is 6.09 Å². The molecule has 4 nitrogen and oxygen atoms in total. The topological polar surface area (TPSA) is 46.6 Å². The third kappa shape index (κ3) is 4.81. The van der Waals surface area contributed by atoms with Crippen LogP contribution < -0.4 is 0 Å². The third-order valence-corrected chi connectivity index (χ3v) is 2.00. The Kier molecular flexibility index (Phi) is 4.78. The van der Waals surface area contributed by atoms with Crippen molar-refractivity contribution in [1.82, 2.24) is 4.90 Å². The highest BCUT2D eigenvalue weighted by molar-refractivity contribution is 5.85. The maximum atomic E-state index is 11.6. The van der Waals surface area contributed by atoms with E-state index >= 15 is 0 Å². The van der Waals surface area contributed by atoms with Gasteiger partial charge in [-0.25, -0.2) is 4.79 Å². The van der Waals surface area contributed by atoms with Crippen LogP contribution in [0.4, 0.5) is 4.79 Å². The van der Waals surface area contributed by atoms with Crippen molar-refractivity contribution in [2.24, 2.45) is 0 Å². The number of carbonyl (C=O) groups is 2. The van der Waals surface area contributed by atoms with Crippen LogP contribution in [0.1, 0.15) is 41.0 Å². The van der Waals surface area contributed by atoms with E-state index in [1.165, 1.54) is 11.8 Å². The Hall–Kier alpha value is -1.06. The molecule has 0 aliphatic carbocycles. The van der Waals surface area contributed by atoms with Gasteiger partial charge in [0.2, 0.25) is 0 Å². The van der Waals surface area contributed by atoms with Crippen molar-refractivity contribution in [2.75, 3.05) is 7.05 Å². The quantitative estimate of drug-likeness (QED) is 0.725. The highest BCUT2D eigenvalue weighted by Crippen LogP contribution is 2.12. The molecule has 0 aliphatic heterocycles. The molecule has 0 fully saturated rings. The maximum Gasteiger partial charge on any atom is 0.410 e. The molecule has 0 aromatic heterocycles. The monoisotopic (exact) mass is 215 g/mol. The number of likely N-dealkylation sites (N-methyl/N-ethyl adjacent to an activating group) is 1. The predicted molar refractivity (Wildman–Crippen MR) is 58.8 cm³/mol. The zero-order valence-corrected chi connectivity index (χ0v) is 10.5. The Morgan fingerprint density at radius 1 is 1.33 bits per heavy atom. The smallest absolute Gasteiger partial charge is 0.410 e. The largest absolute Gasteiger partial charge is 0.444 e. The lowest BCUT2D eigenvalue weighted by atomic mass is 10.1. The molecule has 0 N–H and O–H groups in total. The molecule has 0 rings (SSSR count). The molecule has 88 valence electrons. The highest BCUT2D eigenvalue weighted by atomic mass is 16.6. The van der Waals surface area contributed by atoms with E-state index < -0.39 is 11.7 Å². The number of Topliss-reactive ketones (excluding diaryl/α,β-unsaturated/α-hetero) is 1. The minimum Gasteiger partial charge on any atom is -0.444 e. The van der Waals surface area contributed by atoms with E-state index in [9.17, 15) is 9.59 Å². The van der Waals surface area contributed by atoms with E-state index in [-0.39, 0.29) is 11.8 Å². The number of hydrogen-bond acceptors (Lipinski definition) is 3. The molecule has 0 saturated carbocycles.